The SMILES string of the molecule is CCOCCN(CCOCC)C(=O)C1CNCC(C)C1. The van der Waals surface area contributed by atoms with Gasteiger partial charge in [0.05, 0.1) is 19.1 Å². The average molecular weight is 286 g/mol. The topological polar surface area (TPSA) is 50.8 Å². The Kier molecular flexibility index (Phi) is 8.82. The summed E-state index contributed by atoms with van der Waals surface area (Å²) in [4.78, 5) is 14.5. The smallest absolute Gasteiger partial charge is 0.227 e. The lowest BCUT2D eigenvalue weighted by molar-refractivity contribution is -0.138. The number of carbonyl (C=O) groups excluding carboxylic acids is 1. The van der Waals surface area contributed by atoms with Gasteiger partial charge in [-0.1, -0.05) is 6.92 Å². The van der Waals surface area contributed by atoms with E-state index in [9.17, 15) is 4.79 Å². The molecule has 20 heavy (non-hydrogen) atoms. The Bertz CT molecular complexity index is 264. The first-order valence-corrected chi connectivity index (χ1v) is 7.84. The van der Waals surface area contributed by atoms with Crippen molar-refractivity contribution in [2.45, 2.75) is 27.2 Å². The van der Waals surface area contributed by atoms with Crippen LogP contribution >= 0.6 is 0 Å². The van der Waals surface area contributed by atoms with Crippen LogP contribution < -0.4 is 5.32 Å². The van der Waals surface area contributed by atoms with Crippen LogP contribution in [0.5, 0.6) is 0 Å². The van der Waals surface area contributed by atoms with Gasteiger partial charge in [0, 0.05) is 32.8 Å². The molecule has 0 saturated carbocycles. The summed E-state index contributed by atoms with van der Waals surface area (Å²) in [7, 11) is 0. The number of hydrogen-bond donors (Lipinski definition) is 1. The standard InChI is InChI=1S/C15H30N2O3/c1-4-19-8-6-17(7-9-20-5-2)15(18)14-10-13(3)11-16-12-14/h13-14,16H,4-12H2,1-3H3. The molecule has 0 bridgehead atoms. The third kappa shape index (κ3) is 6.20. The molecule has 118 valence electrons. The lowest BCUT2D eigenvalue weighted by Gasteiger charge is -2.32. The molecule has 0 aromatic heterocycles. The quantitative estimate of drug-likeness (QED) is 0.646. The largest absolute Gasteiger partial charge is 0.380 e. The fourth-order valence-corrected chi connectivity index (χ4v) is 2.57. The van der Waals surface area contributed by atoms with Gasteiger partial charge in [-0.05, 0) is 32.7 Å². The van der Waals surface area contributed by atoms with Gasteiger partial charge in [-0.3, -0.25) is 4.79 Å². The lowest BCUT2D eigenvalue weighted by atomic mass is 9.91. The van der Waals surface area contributed by atoms with E-state index in [1.165, 1.54) is 0 Å². The van der Waals surface area contributed by atoms with Crippen molar-refractivity contribution in [3.05, 3.63) is 0 Å². The van der Waals surface area contributed by atoms with Crippen LogP contribution in [0.3, 0.4) is 0 Å². The van der Waals surface area contributed by atoms with Crippen LogP contribution in [0.25, 0.3) is 0 Å². The number of carbonyl (C=O) groups is 1. The minimum absolute atomic E-state index is 0.0991. The Labute approximate surface area is 123 Å². The molecule has 1 fully saturated rings. The molecule has 0 radical (unpaired) electrons. The van der Waals surface area contributed by atoms with Gasteiger partial charge < -0.3 is 19.7 Å². The summed E-state index contributed by atoms with van der Waals surface area (Å²) in [5, 5.41) is 3.34. The summed E-state index contributed by atoms with van der Waals surface area (Å²) >= 11 is 0. The highest BCUT2D eigenvalue weighted by molar-refractivity contribution is 5.79. The van der Waals surface area contributed by atoms with E-state index >= 15 is 0 Å². The number of hydrogen-bond acceptors (Lipinski definition) is 4. The third-order valence-corrected chi connectivity index (χ3v) is 3.65. The maximum Gasteiger partial charge on any atom is 0.227 e. The molecule has 5 heteroatoms. The second-order valence-corrected chi connectivity index (χ2v) is 5.42. The van der Waals surface area contributed by atoms with Gasteiger partial charge in [-0.2, -0.15) is 0 Å². The van der Waals surface area contributed by atoms with Gasteiger partial charge in [0.2, 0.25) is 5.91 Å². The van der Waals surface area contributed by atoms with E-state index in [2.05, 4.69) is 12.2 Å². The van der Waals surface area contributed by atoms with E-state index in [1.807, 2.05) is 18.7 Å². The second kappa shape index (κ2) is 10.1. The van der Waals surface area contributed by atoms with Crippen molar-refractivity contribution in [1.82, 2.24) is 10.2 Å². The molecule has 1 aliphatic rings. The number of rotatable bonds is 9. The molecule has 1 heterocycles. The molecule has 0 aliphatic carbocycles. The molecule has 1 saturated heterocycles. The molecule has 1 aliphatic heterocycles. The Morgan fingerprint density at radius 3 is 2.25 bits per heavy atom. The number of piperidine rings is 1. The van der Waals surface area contributed by atoms with E-state index in [0.29, 0.717) is 45.4 Å². The van der Waals surface area contributed by atoms with Gasteiger partial charge >= 0.3 is 0 Å². The predicted octanol–water partition coefficient (Wildman–Crippen LogP) is 1.13. The summed E-state index contributed by atoms with van der Waals surface area (Å²) in [6.45, 7) is 11.8. The van der Waals surface area contributed by atoms with Crippen molar-refractivity contribution in [3.63, 3.8) is 0 Å². The van der Waals surface area contributed by atoms with Crippen LogP contribution in [0.2, 0.25) is 0 Å². The van der Waals surface area contributed by atoms with E-state index < -0.39 is 0 Å². The first-order chi connectivity index (χ1) is 9.69. The van der Waals surface area contributed by atoms with Crippen molar-refractivity contribution < 1.29 is 14.3 Å². The maximum atomic E-state index is 12.6. The molecule has 0 aromatic rings. The minimum Gasteiger partial charge on any atom is -0.380 e. The third-order valence-electron chi connectivity index (χ3n) is 3.65. The molecular weight excluding hydrogens is 256 g/mol. The summed E-state index contributed by atoms with van der Waals surface area (Å²) in [6.07, 6.45) is 0.978. The number of ether oxygens (including phenoxy) is 2. The predicted molar refractivity (Wildman–Crippen MR) is 79.7 cm³/mol. The maximum absolute atomic E-state index is 12.6. The fraction of sp³-hybridized carbons (Fsp3) is 0.933. The van der Waals surface area contributed by atoms with Crippen molar-refractivity contribution in [2.24, 2.45) is 11.8 Å². The molecule has 2 unspecified atom stereocenters. The highest BCUT2D eigenvalue weighted by Gasteiger charge is 2.28. The van der Waals surface area contributed by atoms with Crippen molar-refractivity contribution in [2.75, 3.05) is 52.6 Å². The summed E-state index contributed by atoms with van der Waals surface area (Å²) in [6, 6.07) is 0. The van der Waals surface area contributed by atoms with Crippen molar-refractivity contribution in [3.8, 4) is 0 Å². The zero-order valence-corrected chi connectivity index (χ0v) is 13.2. The minimum atomic E-state index is 0.0991. The number of nitrogens with one attached hydrogen (secondary N) is 1. The lowest BCUT2D eigenvalue weighted by Crippen LogP contribution is -2.47. The molecule has 5 nitrogen and oxygen atoms in total. The van der Waals surface area contributed by atoms with Gasteiger partial charge in [-0.15, -0.1) is 0 Å². The second-order valence-electron chi connectivity index (χ2n) is 5.42. The van der Waals surface area contributed by atoms with E-state index in [0.717, 1.165) is 19.5 Å². The van der Waals surface area contributed by atoms with E-state index in [1.54, 1.807) is 0 Å². The summed E-state index contributed by atoms with van der Waals surface area (Å²) in [5.41, 5.74) is 0. The van der Waals surface area contributed by atoms with Crippen LogP contribution in [-0.2, 0) is 14.3 Å². The van der Waals surface area contributed by atoms with Gasteiger partial charge in [0.15, 0.2) is 0 Å². The molecule has 2 atom stereocenters. The molecular formula is C15H30N2O3. The van der Waals surface area contributed by atoms with Crippen molar-refractivity contribution in [1.29, 1.82) is 0 Å². The Hall–Kier alpha value is -0.650. The van der Waals surface area contributed by atoms with Gasteiger partial charge in [-0.25, -0.2) is 0 Å². The molecule has 1 amide bonds. The van der Waals surface area contributed by atoms with Crippen LogP contribution in [0, 0.1) is 11.8 Å². The zero-order chi connectivity index (χ0) is 14.8. The van der Waals surface area contributed by atoms with Crippen LogP contribution in [0.1, 0.15) is 27.2 Å². The number of amides is 1. The van der Waals surface area contributed by atoms with Crippen molar-refractivity contribution >= 4 is 5.91 Å². The Morgan fingerprint density at radius 2 is 1.75 bits per heavy atom. The zero-order valence-electron chi connectivity index (χ0n) is 13.2. The number of nitrogens with zero attached hydrogens (tertiary/aromatic N) is 1. The fourth-order valence-electron chi connectivity index (χ4n) is 2.57. The van der Waals surface area contributed by atoms with Crippen LogP contribution in [0.15, 0.2) is 0 Å². The summed E-state index contributed by atoms with van der Waals surface area (Å²) in [5.74, 6) is 0.906. The van der Waals surface area contributed by atoms with E-state index in [4.69, 9.17) is 9.47 Å². The monoisotopic (exact) mass is 286 g/mol. The van der Waals surface area contributed by atoms with Gasteiger partial charge in [0.1, 0.15) is 0 Å². The first kappa shape index (κ1) is 17.4. The summed E-state index contributed by atoms with van der Waals surface area (Å²) < 4.78 is 10.8. The van der Waals surface area contributed by atoms with Crippen LogP contribution in [-0.4, -0.2) is 63.4 Å². The first-order valence-electron chi connectivity index (χ1n) is 7.84. The molecule has 0 spiro atoms. The molecule has 1 rings (SSSR count). The van der Waals surface area contributed by atoms with Gasteiger partial charge in [0.25, 0.3) is 0 Å². The average Bonchev–Trinajstić information content (AvgIpc) is 2.45. The highest BCUT2D eigenvalue weighted by Crippen LogP contribution is 2.18. The van der Waals surface area contributed by atoms with E-state index in [-0.39, 0.29) is 11.8 Å². The Balaban J connectivity index is 2.47. The Morgan fingerprint density at radius 1 is 1.15 bits per heavy atom. The molecule has 0 aromatic carbocycles. The normalized spacial score (nSPS) is 22.8. The highest BCUT2D eigenvalue weighted by atomic mass is 16.5. The molecule has 1 N–H and O–H groups in total. The van der Waals surface area contributed by atoms with Crippen LogP contribution in [0.4, 0.5) is 0 Å².